The van der Waals surface area contributed by atoms with E-state index in [0.29, 0.717) is 0 Å². The standard InChI is InChI=1S/C13H14N6/c1-8-4-3-5-10-11(8)13(15-6-14-10)18-9(2)12-16-7-17-19-12/h3-7,9H,1-2H3,(H,14,15,18)(H,16,17,19). The molecule has 0 aliphatic carbocycles. The number of nitrogens with one attached hydrogen (secondary N) is 2. The SMILES string of the molecule is Cc1cccc2ncnc(NC(C)c3ncn[nH]3)c12. The van der Waals surface area contributed by atoms with Crippen molar-refractivity contribution in [2.75, 3.05) is 5.32 Å². The molecule has 0 saturated heterocycles. The molecule has 2 heterocycles. The lowest BCUT2D eigenvalue weighted by Crippen LogP contribution is -2.10. The molecule has 6 heteroatoms. The summed E-state index contributed by atoms with van der Waals surface area (Å²) in [6.45, 7) is 4.06. The summed E-state index contributed by atoms with van der Waals surface area (Å²) in [5.74, 6) is 1.59. The summed E-state index contributed by atoms with van der Waals surface area (Å²) >= 11 is 0. The first-order chi connectivity index (χ1) is 9.25. The summed E-state index contributed by atoms with van der Waals surface area (Å²) < 4.78 is 0. The summed E-state index contributed by atoms with van der Waals surface area (Å²) in [6, 6.07) is 6.03. The van der Waals surface area contributed by atoms with Crippen LogP contribution >= 0.6 is 0 Å². The van der Waals surface area contributed by atoms with Gasteiger partial charge in [-0.05, 0) is 25.5 Å². The van der Waals surface area contributed by atoms with Gasteiger partial charge in [-0.15, -0.1) is 0 Å². The largest absolute Gasteiger partial charge is 0.360 e. The van der Waals surface area contributed by atoms with Gasteiger partial charge in [-0.1, -0.05) is 12.1 Å². The molecular weight excluding hydrogens is 240 g/mol. The van der Waals surface area contributed by atoms with Crippen molar-refractivity contribution in [2.24, 2.45) is 0 Å². The smallest absolute Gasteiger partial charge is 0.146 e. The summed E-state index contributed by atoms with van der Waals surface area (Å²) in [5, 5.41) is 11.1. The van der Waals surface area contributed by atoms with Crippen molar-refractivity contribution < 1.29 is 0 Å². The minimum Gasteiger partial charge on any atom is -0.360 e. The van der Waals surface area contributed by atoms with Gasteiger partial charge in [-0.25, -0.2) is 15.0 Å². The Morgan fingerprint density at radius 1 is 1.16 bits per heavy atom. The van der Waals surface area contributed by atoms with Gasteiger partial charge in [0.15, 0.2) is 0 Å². The van der Waals surface area contributed by atoms with Gasteiger partial charge in [-0.3, -0.25) is 5.10 Å². The van der Waals surface area contributed by atoms with Gasteiger partial charge >= 0.3 is 0 Å². The van der Waals surface area contributed by atoms with E-state index in [9.17, 15) is 0 Å². The van der Waals surface area contributed by atoms with E-state index in [0.717, 1.165) is 28.1 Å². The van der Waals surface area contributed by atoms with Crippen molar-refractivity contribution in [3.8, 4) is 0 Å². The highest BCUT2D eigenvalue weighted by Gasteiger charge is 2.12. The summed E-state index contributed by atoms with van der Waals surface area (Å²) in [5.41, 5.74) is 2.08. The van der Waals surface area contributed by atoms with Crippen LogP contribution in [0.15, 0.2) is 30.9 Å². The highest BCUT2D eigenvalue weighted by molar-refractivity contribution is 5.91. The Morgan fingerprint density at radius 2 is 2.05 bits per heavy atom. The first-order valence-electron chi connectivity index (χ1n) is 6.08. The van der Waals surface area contributed by atoms with Crippen LogP contribution in [-0.2, 0) is 0 Å². The minimum absolute atomic E-state index is 0.000191. The molecule has 19 heavy (non-hydrogen) atoms. The van der Waals surface area contributed by atoms with Gasteiger partial charge in [0.2, 0.25) is 0 Å². The lowest BCUT2D eigenvalue weighted by Gasteiger charge is -2.14. The van der Waals surface area contributed by atoms with Gasteiger partial charge in [0, 0.05) is 5.39 Å². The quantitative estimate of drug-likeness (QED) is 0.749. The zero-order valence-electron chi connectivity index (χ0n) is 10.8. The molecule has 0 aliphatic heterocycles. The van der Waals surface area contributed by atoms with Crippen LogP contribution in [0.2, 0.25) is 0 Å². The number of rotatable bonds is 3. The first kappa shape index (κ1) is 11.6. The van der Waals surface area contributed by atoms with Crippen molar-refractivity contribution in [1.82, 2.24) is 25.1 Å². The number of hydrogen-bond donors (Lipinski definition) is 2. The van der Waals surface area contributed by atoms with E-state index >= 15 is 0 Å². The van der Waals surface area contributed by atoms with E-state index in [1.54, 1.807) is 6.33 Å². The van der Waals surface area contributed by atoms with Crippen LogP contribution in [0.1, 0.15) is 24.4 Å². The Balaban J connectivity index is 2.01. The molecule has 1 atom stereocenters. The minimum atomic E-state index is 0.000191. The monoisotopic (exact) mass is 254 g/mol. The maximum Gasteiger partial charge on any atom is 0.146 e. The van der Waals surface area contributed by atoms with Crippen LogP contribution in [0, 0.1) is 6.92 Å². The highest BCUT2D eigenvalue weighted by atomic mass is 15.2. The molecule has 3 rings (SSSR count). The summed E-state index contributed by atoms with van der Waals surface area (Å²) in [6.07, 6.45) is 3.06. The first-order valence-corrected chi connectivity index (χ1v) is 6.08. The maximum absolute atomic E-state index is 4.33. The lowest BCUT2D eigenvalue weighted by molar-refractivity contribution is 0.791. The number of aromatic nitrogens is 5. The van der Waals surface area contributed by atoms with Crippen LogP contribution in [0.5, 0.6) is 0 Å². The molecule has 96 valence electrons. The number of aryl methyl sites for hydroxylation is 1. The van der Waals surface area contributed by atoms with E-state index in [1.807, 2.05) is 19.1 Å². The van der Waals surface area contributed by atoms with Gasteiger partial charge in [0.05, 0.1) is 11.6 Å². The second-order valence-electron chi connectivity index (χ2n) is 4.43. The fraction of sp³-hybridized carbons (Fsp3) is 0.231. The lowest BCUT2D eigenvalue weighted by atomic mass is 10.1. The molecule has 0 spiro atoms. The predicted molar refractivity (Wildman–Crippen MR) is 72.7 cm³/mol. The number of aromatic amines is 1. The predicted octanol–water partition coefficient (Wildman–Crippen LogP) is 2.23. The number of fused-ring (bicyclic) bond motifs is 1. The van der Waals surface area contributed by atoms with Crippen molar-refractivity contribution in [1.29, 1.82) is 0 Å². The van der Waals surface area contributed by atoms with Crippen molar-refractivity contribution in [3.05, 3.63) is 42.2 Å². The highest BCUT2D eigenvalue weighted by Crippen LogP contribution is 2.25. The Kier molecular flexibility index (Phi) is 2.83. The topological polar surface area (TPSA) is 79.4 Å². The van der Waals surface area contributed by atoms with E-state index in [2.05, 4.69) is 43.5 Å². The molecule has 6 nitrogen and oxygen atoms in total. The molecule has 2 aromatic heterocycles. The zero-order valence-corrected chi connectivity index (χ0v) is 10.8. The van der Waals surface area contributed by atoms with Gasteiger partial charge in [0.25, 0.3) is 0 Å². The van der Waals surface area contributed by atoms with Crippen molar-refractivity contribution in [3.63, 3.8) is 0 Å². The Hall–Kier alpha value is -2.50. The number of anilines is 1. The molecule has 1 unspecified atom stereocenters. The molecule has 0 fully saturated rings. The van der Waals surface area contributed by atoms with Crippen LogP contribution in [0.25, 0.3) is 10.9 Å². The fourth-order valence-electron chi connectivity index (χ4n) is 2.09. The number of nitrogens with zero attached hydrogens (tertiary/aromatic N) is 4. The molecule has 0 bridgehead atoms. The average Bonchev–Trinajstić information content (AvgIpc) is 2.93. The van der Waals surface area contributed by atoms with Crippen LogP contribution in [0.4, 0.5) is 5.82 Å². The third-order valence-corrected chi connectivity index (χ3v) is 3.07. The van der Waals surface area contributed by atoms with E-state index in [-0.39, 0.29) is 6.04 Å². The maximum atomic E-state index is 4.33. The zero-order chi connectivity index (χ0) is 13.2. The van der Waals surface area contributed by atoms with E-state index < -0.39 is 0 Å². The van der Waals surface area contributed by atoms with E-state index in [4.69, 9.17) is 0 Å². The number of benzene rings is 1. The summed E-state index contributed by atoms with van der Waals surface area (Å²) in [4.78, 5) is 12.8. The number of hydrogen-bond acceptors (Lipinski definition) is 5. The van der Waals surface area contributed by atoms with Gasteiger partial charge < -0.3 is 5.32 Å². The normalized spacial score (nSPS) is 12.5. The molecule has 0 aliphatic rings. The van der Waals surface area contributed by atoms with Crippen LogP contribution in [-0.4, -0.2) is 25.1 Å². The van der Waals surface area contributed by atoms with E-state index in [1.165, 1.54) is 6.33 Å². The van der Waals surface area contributed by atoms with Crippen LogP contribution in [0.3, 0.4) is 0 Å². The molecule has 0 radical (unpaired) electrons. The number of H-pyrrole nitrogens is 1. The molecule has 0 amide bonds. The molecular formula is C13H14N6. The van der Waals surface area contributed by atoms with Crippen molar-refractivity contribution >= 4 is 16.7 Å². The second kappa shape index (κ2) is 4.64. The van der Waals surface area contributed by atoms with Crippen LogP contribution < -0.4 is 5.32 Å². The third-order valence-electron chi connectivity index (χ3n) is 3.07. The van der Waals surface area contributed by atoms with Gasteiger partial charge in [-0.2, -0.15) is 5.10 Å². The third kappa shape index (κ3) is 2.12. The Morgan fingerprint density at radius 3 is 2.84 bits per heavy atom. The summed E-state index contributed by atoms with van der Waals surface area (Å²) in [7, 11) is 0. The fourth-order valence-corrected chi connectivity index (χ4v) is 2.09. The molecule has 3 aromatic rings. The Labute approximate surface area is 110 Å². The molecule has 1 aromatic carbocycles. The average molecular weight is 254 g/mol. The Bertz CT molecular complexity index is 686. The van der Waals surface area contributed by atoms with Crippen molar-refractivity contribution in [2.45, 2.75) is 19.9 Å². The molecule has 0 saturated carbocycles. The molecule has 2 N–H and O–H groups in total. The van der Waals surface area contributed by atoms with Gasteiger partial charge in [0.1, 0.15) is 24.3 Å². The second-order valence-corrected chi connectivity index (χ2v) is 4.43.